The minimum atomic E-state index is 0.629. The van der Waals surface area contributed by atoms with Gasteiger partial charge in [0.25, 0.3) is 0 Å². The maximum Gasteiger partial charge on any atom is 0.0363 e. The Balaban J connectivity index is 1.38. The zero-order valence-electron chi connectivity index (χ0n) is 12.8. The second-order valence-corrected chi connectivity index (χ2v) is 5.94. The number of hydrogen-bond donors (Lipinski definition) is 1. The predicted molar refractivity (Wildman–Crippen MR) is 90.0 cm³/mol. The zero-order chi connectivity index (χ0) is 14.5. The van der Waals surface area contributed by atoms with E-state index in [2.05, 4.69) is 71.9 Å². The maximum atomic E-state index is 3.71. The van der Waals surface area contributed by atoms with Crippen molar-refractivity contribution in [2.45, 2.75) is 25.3 Å². The van der Waals surface area contributed by atoms with Gasteiger partial charge in [0, 0.05) is 25.3 Å². The number of nitrogens with zero attached hydrogens (tertiary/aromatic N) is 1. The number of rotatable bonds is 6. The lowest BCUT2D eigenvalue weighted by atomic mass is 10.1. The van der Waals surface area contributed by atoms with E-state index in [0.29, 0.717) is 6.04 Å². The highest BCUT2D eigenvalue weighted by Gasteiger charge is 2.19. The van der Waals surface area contributed by atoms with E-state index >= 15 is 0 Å². The number of nitrogens with one attached hydrogen (secondary N) is 1. The molecular weight excluding hydrogens is 256 g/mol. The maximum absolute atomic E-state index is 3.71. The van der Waals surface area contributed by atoms with Crippen LogP contribution in [0.5, 0.6) is 0 Å². The van der Waals surface area contributed by atoms with Crippen LogP contribution in [0.25, 0.3) is 0 Å². The van der Waals surface area contributed by atoms with Crippen molar-refractivity contribution in [3.8, 4) is 0 Å². The van der Waals surface area contributed by atoms with Crippen LogP contribution in [0.4, 0.5) is 5.69 Å². The molecule has 0 amide bonds. The molecule has 0 saturated heterocycles. The molecule has 0 unspecified atom stereocenters. The Labute approximate surface area is 127 Å². The molecule has 21 heavy (non-hydrogen) atoms. The van der Waals surface area contributed by atoms with Crippen LogP contribution in [0.1, 0.15) is 17.5 Å². The highest BCUT2D eigenvalue weighted by atomic mass is 15.1. The first-order chi connectivity index (χ1) is 10.3. The van der Waals surface area contributed by atoms with E-state index in [1.807, 2.05) is 0 Å². The Morgan fingerprint density at radius 2 is 1.57 bits per heavy atom. The van der Waals surface area contributed by atoms with Gasteiger partial charge in [-0.25, -0.2) is 0 Å². The van der Waals surface area contributed by atoms with E-state index in [-0.39, 0.29) is 0 Å². The van der Waals surface area contributed by atoms with Gasteiger partial charge in [0.2, 0.25) is 0 Å². The van der Waals surface area contributed by atoms with Gasteiger partial charge >= 0.3 is 0 Å². The van der Waals surface area contributed by atoms with Gasteiger partial charge in [-0.1, -0.05) is 42.5 Å². The van der Waals surface area contributed by atoms with Crippen molar-refractivity contribution in [3.05, 3.63) is 65.7 Å². The van der Waals surface area contributed by atoms with Gasteiger partial charge in [0.1, 0.15) is 0 Å². The lowest BCUT2D eigenvalue weighted by Crippen LogP contribution is -2.32. The van der Waals surface area contributed by atoms with Crippen molar-refractivity contribution in [2.24, 2.45) is 0 Å². The average Bonchev–Trinajstić information content (AvgIpc) is 2.95. The highest BCUT2D eigenvalue weighted by molar-refractivity contribution is 5.44. The summed E-state index contributed by atoms with van der Waals surface area (Å²) in [5.74, 6) is 0. The molecule has 2 aromatic rings. The van der Waals surface area contributed by atoms with Crippen LogP contribution in [-0.2, 0) is 12.8 Å². The molecule has 0 saturated carbocycles. The number of hydrogen-bond acceptors (Lipinski definition) is 2. The molecule has 1 aliphatic rings. The third-order valence-corrected chi connectivity index (χ3v) is 4.35. The first kappa shape index (κ1) is 14.2. The van der Waals surface area contributed by atoms with E-state index in [9.17, 15) is 0 Å². The molecule has 0 atom stereocenters. The molecule has 110 valence electrons. The first-order valence-corrected chi connectivity index (χ1v) is 7.89. The molecule has 0 heterocycles. The number of benzene rings is 2. The van der Waals surface area contributed by atoms with Gasteiger partial charge in [0.05, 0.1) is 0 Å². The van der Waals surface area contributed by atoms with Gasteiger partial charge in [-0.2, -0.15) is 0 Å². The van der Waals surface area contributed by atoms with Crippen molar-refractivity contribution in [3.63, 3.8) is 0 Å². The summed E-state index contributed by atoms with van der Waals surface area (Å²) in [6, 6.07) is 20.1. The standard InChI is InChI=1S/C19H24N2/c1-21(19-10-3-2-4-11-19)13-7-12-20-18-14-16-8-5-6-9-17(16)15-18/h2-6,8-11,18,20H,7,12-15H2,1H3. The summed E-state index contributed by atoms with van der Waals surface area (Å²) in [5.41, 5.74) is 4.35. The second kappa shape index (κ2) is 6.77. The summed E-state index contributed by atoms with van der Waals surface area (Å²) in [5, 5.41) is 3.71. The van der Waals surface area contributed by atoms with Crippen LogP contribution >= 0.6 is 0 Å². The predicted octanol–water partition coefficient (Wildman–Crippen LogP) is 3.27. The normalized spacial score (nSPS) is 14.1. The first-order valence-electron chi connectivity index (χ1n) is 7.89. The minimum Gasteiger partial charge on any atom is -0.375 e. The van der Waals surface area contributed by atoms with Crippen molar-refractivity contribution in [1.29, 1.82) is 0 Å². The average molecular weight is 280 g/mol. The lowest BCUT2D eigenvalue weighted by molar-refractivity contribution is 0.523. The summed E-state index contributed by atoms with van der Waals surface area (Å²) >= 11 is 0. The molecule has 0 fully saturated rings. The van der Waals surface area contributed by atoms with Gasteiger partial charge in [-0.05, 0) is 49.1 Å². The van der Waals surface area contributed by atoms with Gasteiger partial charge < -0.3 is 10.2 Å². The molecule has 0 radical (unpaired) electrons. The third-order valence-electron chi connectivity index (χ3n) is 4.35. The molecule has 2 heteroatoms. The summed E-state index contributed by atoms with van der Waals surface area (Å²) in [6.07, 6.45) is 3.55. The fourth-order valence-corrected chi connectivity index (χ4v) is 3.14. The molecule has 2 aromatic carbocycles. The van der Waals surface area contributed by atoms with E-state index < -0.39 is 0 Å². The molecule has 0 bridgehead atoms. The molecule has 2 nitrogen and oxygen atoms in total. The third kappa shape index (κ3) is 3.64. The summed E-state index contributed by atoms with van der Waals surface area (Å²) in [6.45, 7) is 2.19. The molecular formula is C19H24N2. The Bertz CT molecular complexity index is 540. The number of fused-ring (bicyclic) bond motifs is 1. The van der Waals surface area contributed by atoms with Crippen molar-refractivity contribution < 1.29 is 0 Å². The Hall–Kier alpha value is -1.80. The van der Waals surface area contributed by atoms with Crippen LogP contribution in [0.15, 0.2) is 54.6 Å². The lowest BCUT2D eigenvalue weighted by Gasteiger charge is -2.20. The Morgan fingerprint density at radius 3 is 2.24 bits per heavy atom. The Kier molecular flexibility index (Phi) is 4.56. The van der Waals surface area contributed by atoms with Crippen LogP contribution in [0.3, 0.4) is 0 Å². The van der Waals surface area contributed by atoms with E-state index in [4.69, 9.17) is 0 Å². The number of anilines is 1. The largest absolute Gasteiger partial charge is 0.375 e. The molecule has 0 aromatic heterocycles. The molecule has 0 aliphatic heterocycles. The monoisotopic (exact) mass is 280 g/mol. The van der Waals surface area contributed by atoms with Crippen LogP contribution in [0.2, 0.25) is 0 Å². The van der Waals surface area contributed by atoms with Crippen molar-refractivity contribution >= 4 is 5.69 Å². The summed E-state index contributed by atoms with van der Waals surface area (Å²) in [7, 11) is 2.17. The quantitative estimate of drug-likeness (QED) is 0.817. The molecule has 1 aliphatic carbocycles. The molecule has 3 rings (SSSR count). The van der Waals surface area contributed by atoms with E-state index in [0.717, 1.165) is 13.1 Å². The fourth-order valence-electron chi connectivity index (χ4n) is 3.14. The van der Waals surface area contributed by atoms with Crippen LogP contribution in [-0.4, -0.2) is 26.2 Å². The zero-order valence-corrected chi connectivity index (χ0v) is 12.8. The SMILES string of the molecule is CN(CCCNC1Cc2ccccc2C1)c1ccccc1. The van der Waals surface area contributed by atoms with E-state index in [1.54, 1.807) is 0 Å². The highest BCUT2D eigenvalue weighted by Crippen LogP contribution is 2.21. The Morgan fingerprint density at radius 1 is 0.952 bits per heavy atom. The van der Waals surface area contributed by atoms with Crippen LogP contribution < -0.4 is 10.2 Å². The summed E-state index contributed by atoms with van der Waals surface area (Å²) < 4.78 is 0. The second-order valence-electron chi connectivity index (χ2n) is 5.94. The van der Waals surface area contributed by atoms with Gasteiger partial charge in [-0.3, -0.25) is 0 Å². The van der Waals surface area contributed by atoms with Crippen molar-refractivity contribution in [1.82, 2.24) is 5.32 Å². The topological polar surface area (TPSA) is 15.3 Å². The van der Waals surface area contributed by atoms with Gasteiger partial charge in [-0.15, -0.1) is 0 Å². The van der Waals surface area contributed by atoms with E-state index in [1.165, 1.54) is 36.1 Å². The summed E-state index contributed by atoms with van der Waals surface area (Å²) in [4.78, 5) is 2.32. The number of para-hydroxylation sites is 1. The minimum absolute atomic E-state index is 0.629. The van der Waals surface area contributed by atoms with Crippen LogP contribution in [0, 0.1) is 0 Å². The van der Waals surface area contributed by atoms with Gasteiger partial charge in [0.15, 0.2) is 0 Å². The smallest absolute Gasteiger partial charge is 0.0363 e. The fraction of sp³-hybridized carbons (Fsp3) is 0.368. The molecule has 1 N–H and O–H groups in total. The molecule has 0 spiro atoms. The van der Waals surface area contributed by atoms with Crippen molar-refractivity contribution in [2.75, 3.05) is 25.0 Å².